The number of aromatic nitrogens is 1. The SMILES string of the molecule is CC(C)(CCc1ncc(N2CCN(C(=O)C3CCCCC3)CC2)s1)C(=O)O. The molecule has 0 bridgehead atoms. The lowest BCUT2D eigenvalue weighted by molar-refractivity contribution is -0.147. The number of hydrogen-bond donors (Lipinski definition) is 1. The van der Waals surface area contributed by atoms with Crippen LogP contribution in [0.15, 0.2) is 6.20 Å². The highest BCUT2D eigenvalue weighted by atomic mass is 32.1. The molecule has 1 aliphatic heterocycles. The lowest BCUT2D eigenvalue weighted by Crippen LogP contribution is -2.50. The molecule has 150 valence electrons. The van der Waals surface area contributed by atoms with Gasteiger partial charge in [0.1, 0.15) is 5.00 Å². The van der Waals surface area contributed by atoms with Gasteiger partial charge in [-0.05, 0) is 33.1 Å². The standard InChI is InChI=1S/C20H31N3O3S/c1-20(2,19(25)26)9-8-16-21-14-17(27-16)22-10-12-23(13-11-22)18(24)15-6-4-3-5-7-15/h14-15H,3-13H2,1-2H3,(H,25,26). The van der Waals surface area contributed by atoms with Crippen LogP contribution in [0.4, 0.5) is 5.00 Å². The zero-order chi connectivity index (χ0) is 19.4. The van der Waals surface area contributed by atoms with E-state index < -0.39 is 11.4 Å². The van der Waals surface area contributed by atoms with Crippen LogP contribution in [0, 0.1) is 11.3 Å². The number of rotatable bonds is 6. The molecule has 0 radical (unpaired) electrons. The number of anilines is 1. The fourth-order valence-corrected chi connectivity index (χ4v) is 4.81. The van der Waals surface area contributed by atoms with Gasteiger partial charge in [0.2, 0.25) is 5.91 Å². The van der Waals surface area contributed by atoms with Crippen molar-refractivity contribution < 1.29 is 14.7 Å². The number of carboxylic acids is 1. The minimum absolute atomic E-state index is 0.248. The van der Waals surface area contributed by atoms with Crippen LogP contribution in [0.5, 0.6) is 0 Å². The van der Waals surface area contributed by atoms with Crippen LogP contribution in [0.25, 0.3) is 0 Å². The van der Waals surface area contributed by atoms with Crippen LogP contribution in [0.2, 0.25) is 0 Å². The number of carbonyl (C=O) groups is 2. The molecular formula is C20H31N3O3S. The molecule has 1 aliphatic carbocycles. The second-order valence-corrected chi connectivity index (χ2v) is 9.52. The Morgan fingerprint density at radius 2 is 1.85 bits per heavy atom. The topological polar surface area (TPSA) is 73.7 Å². The molecule has 0 atom stereocenters. The summed E-state index contributed by atoms with van der Waals surface area (Å²) in [7, 11) is 0. The van der Waals surface area contributed by atoms with Crippen LogP contribution in [-0.2, 0) is 16.0 Å². The molecule has 0 aromatic carbocycles. The summed E-state index contributed by atoms with van der Waals surface area (Å²) in [4.78, 5) is 32.8. The number of nitrogens with zero attached hydrogens (tertiary/aromatic N) is 3. The second kappa shape index (κ2) is 8.59. The number of amides is 1. The lowest BCUT2D eigenvalue weighted by atomic mass is 9.88. The highest BCUT2D eigenvalue weighted by Gasteiger charge is 2.29. The Hall–Kier alpha value is -1.63. The van der Waals surface area contributed by atoms with E-state index in [2.05, 4.69) is 9.88 Å². The first-order valence-electron chi connectivity index (χ1n) is 10.1. The van der Waals surface area contributed by atoms with Gasteiger partial charge < -0.3 is 14.9 Å². The van der Waals surface area contributed by atoms with Crippen molar-refractivity contribution in [1.82, 2.24) is 9.88 Å². The summed E-state index contributed by atoms with van der Waals surface area (Å²) in [6.07, 6.45) is 8.94. The van der Waals surface area contributed by atoms with E-state index in [4.69, 9.17) is 0 Å². The number of carbonyl (C=O) groups excluding carboxylic acids is 1. The van der Waals surface area contributed by atoms with Crippen molar-refractivity contribution in [3.8, 4) is 0 Å². The molecule has 2 fully saturated rings. The van der Waals surface area contributed by atoms with Crippen LogP contribution in [0.3, 0.4) is 0 Å². The quantitative estimate of drug-likeness (QED) is 0.802. The van der Waals surface area contributed by atoms with Gasteiger partial charge in [0, 0.05) is 38.5 Å². The molecule has 6 nitrogen and oxygen atoms in total. The molecule has 1 N–H and O–H groups in total. The van der Waals surface area contributed by atoms with Crippen molar-refractivity contribution in [2.75, 3.05) is 31.1 Å². The average Bonchev–Trinajstić information content (AvgIpc) is 3.16. The van der Waals surface area contributed by atoms with Gasteiger partial charge >= 0.3 is 5.97 Å². The number of hydrogen-bond acceptors (Lipinski definition) is 5. The van der Waals surface area contributed by atoms with Crippen molar-refractivity contribution in [1.29, 1.82) is 0 Å². The highest BCUT2D eigenvalue weighted by Crippen LogP contribution is 2.30. The highest BCUT2D eigenvalue weighted by molar-refractivity contribution is 7.15. The van der Waals surface area contributed by atoms with Gasteiger partial charge in [0.15, 0.2) is 0 Å². The Morgan fingerprint density at radius 1 is 1.19 bits per heavy atom. The Morgan fingerprint density at radius 3 is 2.48 bits per heavy atom. The minimum Gasteiger partial charge on any atom is -0.481 e. The zero-order valence-electron chi connectivity index (χ0n) is 16.4. The Kier molecular flexibility index (Phi) is 6.40. The number of thiazole rings is 1. The van der Waals surface area contributed by atoms with Crippen molar-refractivity contribution in [2.45, 2.75) is 58.8 Å². The number of aryl methyl sites for hydroxylation is 1. The van der Waals surface area contributed by atoms with E-state index in [1.807, 2.05) is 11.1 Å². The Labute approximate surface area is 165 Å². The predicted octanol–water partition coefficient (Wildman–Crippen LogP) is 3.42. The van der Waals surface area contributed by atoms with Gasteiger partial charge in [-0.25, -0.2) is 4.98 Å². The number of aliphatic carboxylic acids is 1. The third-order valence-corrected chi connectivity index (χ3v) is 7.06. The molecule has 1 saturated heterocycles. The van der Waals surface area contributed by atoms with Gasteiger partial charge in [0.25, 0.3) is 0 Å². The Balaban J connectivity index is 1.49. The first-order valence-corrected chi connectivity index (χ1v) is 10.9. The largest absolute Gasteiger partial charge is 0.481 e. The van der Waals surface area contributed by atoms with E-state index in [0.29, 0.717) is 18.7 Å². The van der Waals surface area contributed by atoms with Gasteiger partial charge in [-0.1, -0.05) is 19.3 Å². The fraction of sp³-hybridized carbons (Fsp3) is 0.750. The van der Waals surface area contributed by atoms with Crippen molar-refractivity contribution >= 4 is 28.2 Å². The second-order valence-electron chi connectivity index (χ2n) is 8.43. The molecule has 2 aliphatic rings. The van der Waals surface area contributed by atoms with Crippen molar-refractivity contribution in [3.63, 3.8) is 0 Å². The Bertz CT molecular complexity index is 659. The van der Waals surface area contributed by atoms with E-state index >= 15 is 0 Å². The van der Waals surface area contributed by atoms with Crippen LogP contribution >= 0.6 is 11.3 Å². The third-order valence-electron chi connectivity index (χ3n) is 5.94. The molecule has 27 heavy (non-hydrogen) atoms. The molecule has 2 heterocycles. The molecule has 1 aromatic heterocycles. The number of carboxylic acid groups (broad SMARTS) is 1. The van der Waals surface area contributed by atoms with Gasteiger partial charge in [-0.2, -0.15) is 0 Å². The molecule has 0 unspecified atom stereocenters. The summed E-state index contributed by atoms with van der Waals surface area (Å²) in [5.74, 6) is -0.161. The summed E-state index contributed by atoms with van der Waals surface area (Å²) in [5.41, 5.74) is -0.725. The first-order chi connectivity index (χ1) is 12.9. The average molecular weight is 394 g/mol. The van der Waals surface area contributed by atoms with Gasteiger partial charge in [-0.3, -0.25) is 9.59 Å². The molecular weight excluding hydrogens is 362 g/mol. The van der Waals surface area contributed by atoms with Crippen molar-refractivity contribution in [2.24, 2.45) is 11.3 Å². The summed E-state index contributed by atoms with van der Waals surface area (Å²) in [5, 5.41) is 11.3. The predicted molar refractivity (Wildman–Crippen MR) is 107 cm³/mol. The minimum atomic E-state index is -0.766. The summed E-state index contributed by atoms with van der Waals surface area (Å²) in [6.45, 7) is 6.78. The van der Waals surface area contributed by atoms with E-state index in [0.717, 1.165) is 49.0 Å². The molecule has 7 heteroatoms. The smallest absolute Gasteiger partial charge is 0.309 e. The third kappa shape index (κ3) is 5.00. The zero-order valence-corrected chi connectivity index (χ0v) is 17.3. The molecule has 3 rings (SSSR count). The van der Waals surface area contributed by atoms with E-state index in [1.165, 1.54) is 19.3 Å². The molecule has 0 spiro atoms. The molecule has 1 aromatic rings. The number of piperazine rings is 1. The van der Waals surface area contributed by atoms with Gasteiger partial charge in [-0.15, -0.1) is 11.3 Å². The van der Waals surface area contributed by atoms with Crippen LogP contribution in [0.1, 0.15) is 57.4 Å². The van der Waals surface area contributed by atoms with E-state index in [1.54, 1.807) is 25.2 Å². The molecule has 1 amide bonds. The lowest BCUT2D eigenvalue weighted by Gasteiger charge is -2.37. The van der Waals surface area contributed by atoms with Crippen LogP contribution < -0.4 is 4.90 Å². The van der Waals surface area contributed by atoms with E-state index in [9.17, 15) is 14.7 Å². The summed E-state index contributed by atoms with van der Waals surface area (Å²) in [6, 6.07) is 0. The first kappa shape index (κ1) is 20.1. The molecule has 1 saturated carbocycles. The van der Waals surface area contributed by atoms with Crippen LogP contribution in [-0.4, -0.2) is 53.0 Å². The van der Waals surface area contributed by atoms with E-state index in [-0.39, 0.29) is 5.92 Å². The van der Waals surface area contributed by atoms with Crippen molar-refractivity contribution in [3.05, 3.63) is 11.2 Å². The summed E-state index contributed by atoms with van der Waals surface area (Å²) >= 11 is 1.65. The fourth-order valence-electron chi connectivity index (χ4n) is 3.84. The monoisotopic (exact) mass is 393 g/mol. The maximum absolute atomic E-state index is 12.7. The maximum Gasteiger partial charge on any atom is 0.309 e. The summed E-state index contributed by atoms with van der Waals surface area (Å²) < 4.78 is 0. The maximum atomic E-state index is 12.7. The van der Waals surface area contributed by atoms with Gasteiger partial charge in [0.05, 0.1) is 16.6 Å². The normalized spacial score (nSPS) is 19.3.